The summed E-state index contributed by atoms with van der Waals surface area (Å²) in [5.74, 6) is -0.855. The summed E-state index contributed by atoms with van der Waals surface area (Å²) in [7, 11) is 0. The van der Waals surface area contributed by atoms with Crippen LogP contribution in [0.2, 0.25) is 0 Å². The van der Waals surface area contributed by atoms with E-state index >= 15 is 0 Å². The molecule has 0 radical (unpaired) electrons. The van der Waals surface area contributed by atoms with E-state index in [9.17, 15) is 20.0 Å². The van der Waals surface area contributed by atoms with E-state index in [4.69, 9.17) is 4.74 Å². The Morgan fingerprint density at radius 3 is 2.74 bits per heavy atom. The number of aromatic nitrogens is 1. The Kier molecular flexibility index (Phi) is 7.04. The van der Waals surface area contributed by atoms with Gasteiger partial charge in [-0.1, -0.05) is 44.2 Å². The van der Waals surface area contributed by atoms with Crippen LogP contribution in [0.15, 0.2) is 48.7 Å². The number of rotatable bonds is 6. The molecule has 1 aliphatic heterocycles. The van der Waals surface area contributed by atoms with E-state index in [1.165, 1.54) is 0 Å². The summed E-state index contributed by atoms with van der Waals surface area (Å²) < 4.78 is 5.64. The standard InChI is InChI=1S/C28H31N3O4/c1-17-14-28(26(33)30-12-13-32)25(19(3)35-27(28)34)23(18(17)2)11-10-22-9-8-21(16-31-22)24-7-5-4-6-20(24)15-29/h4-11,16-19,23,25,32H,12-14H2,1-3H3,(H,30,33)/b11-10+/t17?,18?,19-,23?,25?,28-/m1/s1. The van der Waals surface area contributed by atoms with Gasteiger partial charge in [-0.3, -0.25) is 14.6 Å². The van der Waals surface area contributed by atoms with Gasteiger partial charge < -0.3 is 15.2 Å². The highest BCUT2D eigenvalue weighted by atomic mass is 16.6. The molecule has 1 aliphatic carbocycles. The number of amides is 1. The molecule has 1 saturated heterocycles. The maximum atomic E-state index is 13.2. The molecular weight excluding hydrogens is 442 g/mol. The van der Waals surface area contributed by atoms with Gasteiger partial charge in [-0.2, -0.15) is 5.26 Å². The van der Waals surface area contributed by atoms with Crippen molar-refractivity contribution in [2.24, 2.45) is 29.1 Å². The molecule has 1 amide bonds. The minimum atomic E-state index is -1.26. The number of nitrogens with zero attached hydrogens (tertiary/aromatic N) is 2. The average Bonchev–Trinajstić information content (AvgIpc) is 3.12. The summed E-state index contributed by atoms with van der Waals surface area (Å²) in [5, 5.41) is 21.3. The van der Waals surface area contributed by atoms with Gasteiger partial charge in [-0.25, -0.2) is 0 Å². The lowest BCUT2D eigenvalue weighted by atomic mass is 9.54. The molecule has 2 aliphatic rings. The van der Waals surface area contributed by atoms with E-state index in [1.54, 1.807) is 12.3 Å². The number of nitriles is 1. The van der Waals surface area contributed by atoms with Crippen LogP contribution in [-0.2, 0) is 14.3 Å². The van der Waals surface area contributed by atoms with E-state index < -0.39 is 17.5 Å². The van der Waals surface area contributed by atoms with Crippen molar-refractivity contribution < 1.29 is 19.4 Å². The van der Waals surface area contributed by atoms with E-state index in [-0.39, 0.29) is 42.7 Å². The van der Waals surface area contributed by atoms with Gasteiger partial charge >= 0.3 is 5.97 Å². The lowest BCUT2D eigenvalue weighted by molar-refractivity contribution is -0.157. The zero-order chi connectivity index (χ0) is 25.2. The molecule has 4 rings (SSSR count). The fourth-order valence-electron chi connectivity index (χ4n) is 5.81. The SMILES string of the molecule is CC1C[C@@]2(C(=O)NCCO)C(=O)O[C@H](C)C2C(/C=C/c2ccc(-c3ccccc3C#N)cn2)C1C. The summed E-state index contributed by atoms with van der Waals surface area (Å²) in [6, 6.07) is 13.5. The third kappa shape index (κ3) is 4.35. The van der Waals surface area contributed by atoms with Crippen LogP contribution in [0.3, 0.4) is 0 Å². The third-order valence-electron chi connectivity index (χ3n) is 7.73. The van der Waals surface area contributed by atoms with Crippen LogP contribution in [0.25, 0.3) is 17.2 Å². The van der Waals surface area contributed by atoms with Gasteiger partial charge in [0.05, 0.1) is 23.9 Å². The Labute approximate surface area is 205 Å². The lowest BCUT2D eigenvalue weighted by Crippen LogP contribution is -2.56. The molecular formula is C28H31N3O4. The number of nitrogens with one attached hydrogen (secondary N) is 1. The van der Waals surface area contributed by atoms with Crippen LogP contribution in [0.5, 0.6) is 0 Å². The summed E-state index contributed by atoms with van der Waals surface area (Å²) in [5.41, 5.74) is 1.79. The second kappa shape index (κ2) is 10.0. The first-order valence-corrected chi connectivity index (χ1v) is 12.1. The van der Waals surface area contributed by atoms with Crippen molar-refractivity contribution in [3.8, 4) is 17.2 Å². The molecule has 2 fully saturated rings. The van der Waals surface area contributed by atoms with Crippen molar-refractivity contribution in [1.82, 2.24) is 10.3 Å². The second-order valence-corrected chi connectivity index (χ2v) is 9.69. The predicted octanol–water partition coefficient (Wildman–Crippen LogP) is 3.58. The highest BCUT2D eigenvalue weighted by molar-refractivity contribution is 6.04. The van der Waals surface area contributed by atoms with Gasteiger partial charge in [-0.05, 0) is 49.3 Å². The normalized spacial score (nSPS) is 29.9. The predicted molar refractivity (Wildman–Crippen MR) is 131 cm³/mol. The molecule has 7 nitrogen and oxygen atoms in total. The minimum Gasteiger partial charge on any atom is -0.461 e. The number of hydrogen-bond donors (Lipinski definition) is 2. The molecule has 2 N–H and O–H groups in total. The molecule has 0 spiro atoms. The van der Waals surface area contributed by atoms with Gasteiger partial charge in [-0.15, -0.1) is 0 Å². The summed E-state index contributed by atoms with van der Waals surface area (Å²) in [6.45, 7) is 5.99. The van der Waals surface area contributed by atoms with Gasteiger partial charge in [0.2, 0.25) is 5.91 Å². The van der Waals surface area contributed by atoms with Crippen LogP contribution in [-0.4, -0.2) is 41.2 Å². The van der Waals surface area contributed by atoms with Crippen LogP contribution in [0.4, 0.5) is 0 Å². The van der Waals surface area contributed by atoms with Gasteiger partial charge in [0.1, 0.15) is 6.10 Å². The second-order valence-electron chi connectivity index (χ2n) is 9.69. The van der Waals surface area contributed by atoms with Crippen molar-refractivity contribution >= 4 is 18.0 Å². The highest BCUT2D eigenvalue weighted by Gasteiger charge is 2.66. The Morgan fingerprint density at radius 1 is 1.29 bits per heavy atom. The van der Waals surface area contributed by atoms with Crippen molar-refractivity contribution in [3.63, 3.8) is 0 Å². The third-order valence-corrected chi connectivity index (χ3v) is 7.73. The van der Waals surface area contributed by atoms with E-state index in [0.717, 1.165) is 16.8 Å². The number of carbonyl (C=O) groups is 2. The smallest absolute Gasteiger partial charge is 0.322 e. The number of pyridine rings is 1. The number of hydrogen-bond acceptors (Lipinski definition) is 6. The summed E-state index contributed by atoms with van der Waals surface area (Å²) in [6.07, 6.45) is 5.77. The van der Waals surface area contributed by atoms with Crippen molar-refractivity contribution in [3.05, 3.63) is 59.9 Å². The Morgan fingerprint density at radius 2 is 2.06 bits per heavy atom. The van der Waals surface area contributed by atoms with Crippen LogP contribution >= 0.6 is 0 Å². The first-order valence-electron chi connectivity index (χ1n) is 12.1. The number of allylic oxidation sites excluding steroid dienone is 1. The number of benzene rings is 1. The molecule has 35 heavy (non-hydrogen) atoms. The van der Waals surface area contributed by atoms with Gasteiger partial charge in [0, 0.05) is 29.8 Å². The molecule has 7 heteroatoms. The maximum absolute atomic E-state index is 13.2. The Hall–Kier alpha value is -3.50. The molecule has 182 valence electrons. The zero-order valence-corrected chi connectivity index (χ0v) is 20.3. The molecule has 1 saturated carbocycles. The number of esters is 1. The fraction of sp³-hybridized carbons (Fsp3) is 0.429. The van der Waals surface area contributed by atoms with Gasteiger partial charge in [0.15, 0.2) is 5.41 Å². The summed E-state index contributed by atoms with van der Waals surface area (Å²) >= 11 is 0. The van der Waals surface area contributed by atoms with Crippen molar-refractivity contribution in [2.45, 2.75) is 33.3 Å². The van der Waals surface area contributed by atoms with Crippen LogP contribution < -0.4 is 5.32 Å². The highest BCUT2D eigenvalue weighted by Crippen LogP contribution is 2.56. The number of fused-ring (bicyclic) bond motifs is 1. The van der Waals surface area contributed by atoms with Crippen molar-refractivity contribution in [2.75, 3.05) is 13.2 Å². The van der Waals surface area contributed by atoms with Gasteiger partial charge in [0.25, 0.3) is 0 Å². The van der Waals surface area contributed by atoms with E-state index in [0.29, 0.717) is 12.0 Å². The van der Waals surface area contributed by atoms with E-state index in [1.807, 2.05) is 43.3 Å². The number of aliphatic hydroxyl groups is 1. The fourth-order valence-corrected chi connectivity index (χ4v) is 5.81. The maximum Gasteiger partial charge on any atom is 0.322 e. The molecule has 1 aromatic heterocycles. The minimum absolute atomic E-state index is 0.0686. The van der Waals surface area contributed by atoms with Crippen LogP contribution in [0.1, 0.15) is 38.4 Å². The number of cyclic esters (lactones) is 1. The Bertz CT molecular complexity index is 1170. The summed E-state index contributed by atoms with van der Waals surface area (Å²) in [4.78, 5) is 30.8. The zero-order valence-electron chi connectivity index (χ0n) is 20.3. The lowest BCUT2D eigenvalue weighted by Gasteiger charge is -2.46. The molecule has 0 bridgehead atoms. The topological polar surface area (TPSA) is 112 Å². The number of carbonyl (C=O) groups excluding carboxylic acids is 2. The van der Waals surface area contributed by atoms with Crippen molar-refractivity contribution in [1.29, 1.82) is 5.26 Å². The first kappa shape index (κ1) is 24.6. The molecule has 1 aromatic carbocycles. The van der Waals surface area contributed by atoms with E-state index in [2.05, 4.69) is 36.3 Å². The Balaban J connectivity index is 1.63. The number of aliphatic hydroxyl groups excluding tert-OH is 1. The average molecular weight is 474 g/mol. The molecule has 6 atom stereocenters. The quantitative estimate of drug-likeness (QED) is 0.490. The molecule has 4 unspecified atom stereocenters. The number of ether oxygens (including phenoxy) is 1. The monoisotopic (exact) mass is 473 g/mol. The van der Waals surface area contributed by atoms with Crippen LogP contribution in [0, 0.1) is 40.4 Å². The molecule has 2 aromatic rings. The largest absolute Gasteiger partial charge is 0.461 e. The molecule has 2 heterocycles. The first-order chi connectivity index (χ1) is 16.8.